The number of aliphatic hydroxyl groups excluding tert-OH is 1. The summed E-state index contributed by atoms with van der Waals surface area (Å²) in [6, 6.07) is 11.2. The standard InChI is InChI=1S/C19H23FN2O3/c1-13-4-9-17(18(20)10-13)19(24)21-14-5-7-16(8-6-14)25-12-15(23)11-22(2)3/h4-10,15,23H,11-12H2,1-3H3,(H,21,24)/t15-/m0/s1. The molecule has 0 saturated heterocycles. The number of carbonyl (C=O) groups excluding carboxylic acids is 1. The zero-order valence-corrected chi connectivity index (χ0v) is 14.6. The topological polar surface area (TPSA) is 61.8 Å². The average molecular weight is 346 g/mol. The SMILES string of the molecule is Cc1ccc(C(=O)Nc2ccc(OC[C@@H](O)CN(C)C)cc2)c(F)c1. The molecule has 5 nitrogen and oxygen atoms in total. The summed E-state index contributed by atoms with van der Waals surface area (Å²) in [5.74, 6) is -0.475. The minimum Gasteiger partial charge on any atom is -0.491 e. The van der Waals surface area contributed by atoms with E-state index in [1.807, 2.05) is 19.0 Å². The van der Waals surface area contributed by atoms with Gasteiger partial charge in [0.15, 0.2) is 0 Å². The summed E-state index contributed by atoms with van der Waals surface area (Å²) in [5.41, 5.74) is 1.29. The first-order valence-corrected chi connectivity index (χ1v) is 7.98. The van der Waals surface area contributed by atoms with E-state index in [2.05, 4.69) is 5.32 Å². The fraction of sp³-hybridized carbons (Fsp3) is 0.316. The molecule has 0 radical (unpaired) electrons. The van der Waals surface area contributed by atoms with E-state index in [0.717, 1.165) is 5.56 Å². The van der Waals surface area contributed by atoms with Gasteiger partial charge in [0.25, 0.3) is 5.91 Å². The van der Waals surface area contributed by atoms with E-state index in [0.29, 0.717) is 18.0 Å². The number of hydrogen-bond donors (Lipinski definition) is 2. The molecule has 2 aromatic rings. The van der Waals surface area contributed by atoms with Crippen LogP contribution >= 0.6 is 0 Å². The Hall–Kier alpha value is -2.44. The Morgan fingerprint density at radius 3 is 2.52 bits per heavy atom. The second-order valence-electron chi connectivity index (χ2n) is 6.19. The number of amides is 1. The maximum absolute atomic E-state index is 13.8. The van der Waals surface area contributed by atoms with Crippen LogP contribution in [0.5, 0.6) is 5.75 Å². The monoisotopic (exact) mass is 346 g/mol. The number of anilines is 1. The number of benzene rings is 2. The summed E-state index contributed by atoms with van der Waals surface area (Å²) in [6.07, 6.45) is -0.584. The van der Waals surface area contributed by atoms with Crippen LogP contribution in [0.1, 0.15) is 15.9 Å². The predicted molar refractivity (Wildman–Crippen MR) is 95.6 cm³/mol. The molecule has 0 aliphatic rings. The van der Waals surface area contributed by atoms with E-state index in [9.17, 15) is 14.3 Å². The molecule has 0 heterocycles. The lowest BCUT2D eigenvalue weighted by atomic mass is 10.1. The van der Waals surface area contributed by atoms with Gasteiger partial charge in [0, 0.05) is 12.2 Å². The molecule has 0 aliphatic heterocycles. The fourth-order valence-corrected chi connectivity index (χ4v) is 2.30. The molecule has 1 atom stereocenters. The highest BCUT2D eigenvalue weighted by molar-refractivity contribution is 6.04. The Balaban J connectivity index is 1.92. The third kappa shape index (κ3) is 5.85. The van der Waals surface area contributed by atoms with Gasteiger partial charge in [0.05, 0.1) is 5.56 Å². The van der Waals surface area contributed by atoms with Crippen molar-refractivity contribution in [3.8, 4) is 5.75 Å². The molecule has 2 N–H and O–H groups in total. The number of likely N-dealkylation sites (N-methyl/N-ethyl adjacent to an activating group) is 1. The number of hydrogen-bond acceptors (Lipinski definition) is 4. The third-order valence-electron chi connectivity index (χ3n) is 3.50. The zero-order chi connectivity index (χ0) is 18.4. The summed E-state index contributed by atoms with van der Waals surface area (Å²) < 4.78 is 19.3. The fourth-order valence-electron chi connectivity index (χ4n) is 2.30. The Kier molecular flexibility index (Phi) is 6.50. The molecule has 0 bridgehead atoms. The van der Waals surface area contributed by atoms with Crippen LogP contribution in [0.25, 0.3) is 0 Å². The lowest BCUT2D eigenvalue weighted by molar-refractivity contribution is 0.0831. The largest absolute Gasteiger partial charge is 0.491 e. The van der Waals surface area contributed by atoms with Gasteiger partial charge in [-0.2, -0.15) is 0 Å². The van der Waals surface area contributed by atoms with Crippen molar-refractivity contribution in [1.29, 1.82) is 0 Å². The van der Waals surface area contributed by atoms with E-state index >= 15 is 0 Å². The maximum atomic E-state index is 13.8. The van der Waals surface area contributed by atoms with Crippen LogP contribution in [0, 0.1) is 12.7 Å². The smallest absolute Gasteiger partial charge is 0.258 e. The number of ether oxygens (including phenoxy) is 1. The molecule has 6 heteroatoms. The number of aliphatic hydroxyl groups is 1. The molecule has 0 spiro atoms. The number of nitrogens with zero attached hydrogens (tertiary/aromatic N) is 1. The van der Waals surface area contributed by atoms with Crippen LogP contribution in [-0.4, -0.2) is 49.3 Å². The van der Waals surface area contributed by atoms with Crippen molar-refractivity contribution in [3.63, 3.8) is 0 Å². The van der Waals surface area contributed by atoms with Gasteiger partial charge >= 0.3 is 0 Å². The highest BCUT2D eigenvalue weighted by Gasteiger charge is 2.12. The summed E-state index contributed by atoms with van der Waals surface area (Å²) in [7, 11) is 3.75. The van der Waals surface area contributed by atoms with E-state index in [-0.39, 0.29) is 12.2 Å². The highest BCUT2D eigenvalue weighted by atomic mass is 19.1. The van der Waals surface area contributed by atoms with Gasteiger partial charge in [0.2, 0.25) is 0 Å². The van der Waals surface area contributed by atoms with Gasteiger partial charge in [-0.15, -0.1) is 0 Å². The van der Waals surface area contributed by atoms with Crippen molar-refractivity contribution in [2.45, 2.75) is 13.0 Å². The lowest BCUT2D eigenvalue weighted by Crippen LogP contribution is -2.30. The Labute approximate surface area is 147 Å². The summed E-state index contributed by atoms with van der Waals surface area (Å²) in [5, 5.41) is 12.4. The van der Waals surface area contributed by atoms with Crippen LogP contribution in [0.3, 0.4) is 0 Å². The number of halogens is 1. The number of nitrogens with one attached hydrogen (secondary N) is 1. The van der Waals surface area contributed by atoms with Gasteiger partial charge in [0.1, 0.15) is 24.3 Å². The Morgan fingerprint density at radius 1 is 1.24 bits per heavy atom. The van der Waals surface area contributed by atoms with Crippen LogP contribution in [0.15, 0.2) is 42.5 Å². The molecular weight excluding hydrogens is 323 g/mol. The second-order valence-corrected chi connectivity index (χ2v) is 6.19. The number of carbonyl (C=O) groups is 1. The maximum Gasteiger partial charge on any atom is 0.258 e. The van der Waals surface area contributed by atoms with Crippen LogP contribution in [0.4, 0.5) is 10.1 Å². The average Bonchev–Trinajstić information content (AvgIpc) is 2.53. The van der Waals surface area contributed by atoms with Gasteiger partial charge in [-0.05, 0) is 63.0 Å². The predicted octanol–water partition coefficient (Wildman–Crippen LogP) is 2.69. The lowest BCUT2D eigenvalue weighted by Gasteiger charge is -2.16. The third-order valence-corrected chi connectivity index (χ3v) is 3.50. The van der Waals surface area contributed by atoms with Gasteiger partial charge in [-0.3, -0.25) is 4.79 Å². The molecule has 134 valence electrons. The molecule has 2 rings (SSSR count). The van der Waals surface area contributed by atoms with Crippen molar-refractivity contribution < 1.29 is 19.0 Å². The van der Waals surface area contributed by atoms with Crippen molar-refractivity contribution in [3.05, 3.63) is 59.4 Å². The van der Waals surface area contributed by atoms with Crippen molar-refractivity contribution in [1.82, 2.24) is 4.90 Å². The molecule has 0 saturated carbocycles. The number of aryl methyl sites for hydroxylation is 1. The van der Waals surface area contributed by atoms with Crippen molar-refractivity contribution in [2.75, 3.05) is 32.6 Å². The number of rotatable bonds is 7. The molecule has 0 unspecified atom stereocenters. The Bertz CT molecular complexity index is 717. The first-order chi connectivity index (χ1) is 11.8. The summed E-state index contributed by atoms with van der Waals surface area (Å²) in [4.78, 5) is 14.0. The van der Waals surface area contributed by atoms with Crippen LogP contribution < -0.4 is 10.1 Å². The summed E-state index contributed by atoms with van der Waals surface area (Å²) >= 11 is 0. The molecule has 0 aromatic heterocycles. The highest BCUT2D eigenvalue weighted by Crippen LogP contribution is 2.18. The second kappa shape index (κ2) is 8.60. The van der Waals surface area contributed by atoms with E-state index in [1.54, 1.807) is 37.3 Å². The molecule has 0 aliphatic carbocycles. The molecule has 1 amide bonds. The Morgan fingerprint density at radius 2 is 1.92 bits per heavy atom. The van der Waals surface area contributed by atoms with Crippen molar-refractivity contribution in [2.24, 2.45) is 0 Å². The van der Waals surface area contributed by atoms with Gasteiger partial charge < -0.3 is 20.1 Å². The molecule has 25 heavy (non-hydrogen) atoms. The first kappa shape index (κ1) is 18.9. The molecular formula is C19H23FN2O3. The van der Waals surface area contributed by atoms with Gasteiger partial charge in [-0.1, -0.05) is 6.07 Å². The van der Waals surface area contributed by atoms with Gasteiger partial charge in [-0.25, -0.2) is 4.39 Å². The quantitative estimate of drug-likeness (QED) is 0.809. The first-order valence-electron chi connectivity index (χ1n) is 7.98. The molecule has 2 aromatic carbocycles. The summed E-state index contributed by atoms with van der Waals surface area (Å²) in [6.45, 7) is 2.45. The van der Waals surface area contributed by atoms with E-state index in [1.165, 1.54) is 12.1 Å². The minimum absolute atomic E-state index is 0.00210. The van der Waals surface area contributed by atoms with Crippen LogP contribution in [-0.2, 0) is 0 Å². The normalized spacial score (nSPS) is 12.1. The van der Waals surface area contributed by atoms with E-state index < -0.39 is 17.8 Å². The zero-order valence-electron chi connectivity index (χ0n) is 14.6. The van der Waals surface area contributed by atoms with Crippen LogP contribution in [0.2, 0.25) is 0 Å². The van der Waals surface area contributed by atoms with E-state index in [4.69, 9.17) is 4.74 Å². The van der Waals surface area contributed by atoms with Crippen molar-refractivity contribution >= 4 is 11.6 Å². The minimum atomic E-state index is -0.584. The molecule has 0 fully saturated rings.